The summed E-state index contributed by atoms with van der Waals surface area (Å²) in [6, 6.07) is 11.6. The second-order valence-corrected chi connectivity index (χ2v) is 11.2. The summed E-state index contributed by atoms with van der Waals surface area (Å²) < 4.78 is 1.30. The van der Waals surface area contributed by atoms with Crippen molar-refractivity contribution in [2.75, 3.05) is 42.1 Å². The number of hydrogen-bond donors (Lipinski definition) is 3. The van der Waals surface area contributed by atoms with E-state index in [9.17, 15) is 4.79 Å². The molecule has 38 heavy (non-hydrogen) atoms. The van der Waals surface area contributed by atoms with Gasteiger partial charge in [0.1, 0.15) is 15.7 Å². The van der Waals surface area contributed by atoms with Crippen molar-refractivity contribution < 1.29 is 4.79 Å². The molecule has 0 spiro atoms. The normalized spacial score (nSPS) is 11.2. The maximum absolute atomic E-state index is 12.4. The van der Waals surface area contributed by atoms with Crippen LogP contribution in [0.3, 0.4) is 0 Å². The van der Waals surface area contributed by atoms with Crippen LogP contribution in [0.15, 0.2) is 42.5 Å². The summed E-state index contributed by atoms with van der Waals surface area (Å²) in [5.74, 6) is 1.20. The van der Waals surface area contributed by atoms with Crippen LogP contribution >= 0.6 is 57.7 Å². The van der Waals surface area contributed by atoms with Gasteiger partial charge < -0.3 is 20.9 Å². The van der Waals surface area contributed by atoms with Gasteiger partial charge in [-0.3, -0.25) is 0 Å². The minimum absolute atomic E-state index is 0.347. The number of halogens is 4. The molecule has 0 saturated carbocycles. The van der Waals surface area contributed by atoms with Gasteiger partial charge in [0.25, 0.3) is 0 Å². The van der Waals surface area contributed by atoms with Gasteiger partial charge in [0.2, 0.25) is 0 Å². The largest absolute Gasteiger partial charge is 0.369 e. The molecule has 0 aliphatic rings. The smallest absolute Gasteiger partial charge is 0.323 e. The van der Waals surface area contributed by atoms with E-state index in [2.05, 4.69) is 39.7 Å². The highest BCUT2D eigenvalue weighted by Gasteiger charge is 2.17. The van der Waals surface area contributed by atoms with Gasteiger partial charge in [-0.25, -0.2) is 14.8 Å². The standard InChI is InChI=1S/C26H26Cl4N6OS/c1-3-36(4-2)13-5-12-31-25-22-21(20(29)23(30)38-22)34-24(35-25)15-6-9-17(10-7-15)32-26(37)33-19-11-8-16(27)14-18(19)28/h6-11,14H,3-5,12-13H2,1-2H3,(H,31,34,35)(H2,32,33,37). The Morgan fingerprint density at radius 2 is 1.71 bits per heavy atom. The quantitative estimate of drug-likeness (QED) is 0.156. The molecule has 12 heteroatoms. The Balaban J connectivity index is 1.49. The number of urea groups is 1. The van der Waals surface area contributed by atoms with Gasteiger partial charge in [-0.1, -0.05) is 60.3 Å². The van der Waals surface area contributed by atoms with E-state index in [0.717, 1.165) is 42.9 Å². The van der Waals surface area contributed by atoms with Crippen molar-refractivity contribution in [1.82, 2.24) is 14.9 Å². The Labute approximate surface area is 245 Å². The van der Waals surface area contributed by atoms with E-state index in [1.807, 2.05) is 12.1 Å². The van der Waals surface area contributed by atoms with Crippen molar-refractivity contribution in [2.45, 2.75) is 20.3 Å². The molecule has 3 N–H and O–H groups in total. The lowest BCUT2D eigenvalue weighted by molar-refractivity contribution is 0.262. The first-order chi connectivity index (χ1) is 18.3. The van der Waals surface area contributed by atoms with Gasteiger partial charge in [-0.05, 0) is 68.5 Å². The topological polar surface area (TPSA) is 82.2 Å². The fourth-order valence-electron chi connectivity index (χ4n) is 3.80. The van der Waals surface area contributed by atoms with Crippen LogP contribution in [0.25, 0.3) is 21.6 Å². The zero-order valence-corrected chi connectivity index (χ0v) is 24.6. The van der Waals surface area contributed by atoms with Crippen LogP contribution in [-0.2, 0) is 0 Å². The molecule has 0 saturated heterocycles. The molecule has 4 aromatic rings. The summed E-state index contributed by atoms with van der Waals surface area (Å²) in [6.45, 7) is 8.13. The Morgan fingerprint density at radius 1 is 0.974 bits per heavy atom. The van der Waals surface area contributed by atoms with Crippen molar-refractivity contribution in [3.05, 3.63) is 61.9 Å². The first-order valence-electron chi connectivity index (χ1n) is 12.0. The fraction of sp³-hybridized carbons (Fsp3) is 0.269. The van der Waals surface area contributed by atoms with E-state index in [1.165, 1.54) is 11.3 Å². The molecule has 2 aromatic carbocycles. The van der Waals surface area contributed by atoms with Crippen molar-refractivity contribution in [2.24, 2.45) is 0 Å². The number of fused-ring (bicyclic) bond motifs is 1. The number of anilines is 3. The third-order valence-corrected chi connectivity index (χ3v) is 8.38. The molecule has 0 atom stereocenters. The molecule has 0 aliphatic carbocycles. The molecule has 2 amide bonds. The maximum atomic E-state index is 12.4. The first kappa shape index (κ1) is 28.7. The molecule has 200 valence electrons. The maximum Gasteiger partial charge on any atom is 0.323 e. The van der Waals surface area contributed by atoms with Gasteiger partial charge in [0.05, 0.1) is 20.4 Å². The number of amides is 2. The second-order valence-electron chi connectivity index (χ2n) is 8.35. The van der Waals surface area contributed by atoms with E-state index in [1.54, 1.807) is 30.3 Å². The average molecular weight is 612 g/mol. The molecule has 2 aromatic heterocycles. The number of rotatable bonds is 10. The van der Waals surface area contributed by atoms with Crippen molar-refractivity contribution in [3.63, 3.8) is 0 Å². The van der Waals surface area contributed by atoms with Crippen LogP contribution in [0.2, 0.25) is 19.4 Å². The number of benzene rings is 2. The zero-order chi connectivity index (χ0) is 27.2. The highest BCUT2D eigenvalue weighted by atomic mass is 35.5. The van der Waals surface area contributed by atoms with Gasteiger partial charge in [0.15, 0.2) is 5.82 Å². The van der Waals surface area contributed by atoms with Crippen LogP contribution in [0.1, 0.15) is 20.3 Å². The number of nitrogens with zero attached hydrogens (tertiary/aromatic N) is 3. The number of hydrogen-bond acceptors (Lipinski definition) is 6. The predicted octanol–water partition coefficient (Wildman–Crippen LogP) is 8.76. The molecule has 4 rings (SSSR count). The number of carbonyl (C=O) groups excluding carboxylic acids is 1. The average Bonchev–Trinajstić information content (AvgIpc) is 3.19. The third kappa shape index (κ3) is 7.00. The predicted molar refractivity (Wildman–Crippen MR) is 163 cm³/mol. The minimum atomic E-state index is -0.435. The molecule has 0 fully saturated rings. The summed E-state index contributed by atoms with van der Waals surface area (Å²) >= 11 is 26.2. The molecule has 0 radical (unpaired) electrons. The first-order valence-corrected chi connectivity index (χ1v) is 14.4. The van der Waals surface area contributed by atoms with Crippen LogP contribution in [0, 0.1) is 0 Å². The lowest BCUT2D eigenvalue weighted by Crippen LogP contribution is -2.25. The highest BCUT2D eigenvalue weighted by molar-refractivity contribution is 7.24. The molecular weight excluding hydrogens is 586 g/mol. The van der Waals surface area contributed by atoms with E-state index in [-0.39, 0.29) is 0 Å². The van der Waals surface area contributed by atoms with E-state index in [0.29, 0.717) is 47.9 Å². The summed E-state index contributed by atoms with van der Waals surface area (Å²) in [5, 5.41) is 10.2. The van der Waals surface area contributed by atoms with Gasteiger partial charge in [-0.15, -0.1) is 11.3 Å². The molecule has 0 bridgehead atoms. The van der Waals surface area contributed by atoms with Crippen LogP contribution in [0.5, 0.6) is 0 Å². The van der Waals surface area contributed by atoms with Crippen molar-refractivity contribution in [3.8, 4) is 11.4 Å². The lowest BCUT2D eigenvalue weighted by Gasteiger charge is -2.18. The molecular formula is C26H26Cl4N6OS. The van der Waals surface area contributed by atoms with Crippen LogP contribution < -0.4 is 16.0 Å². The number of thiophene rings is 1. The van der Waals surface area contributed by atoms with Crippen molar-refractivity contribution >= 4 is 91.2 Å². The zero-order valence-electron chi connectivity index (χ0n) is 20.7. The summed E-state index contributed by atoms with van der Waals surface area (Å²) in [5.41, 5.74) is 2.42. The second kappa shape index (κ2) is 13.2. The van der Waals surface area contributed by atoms with E-state index in [4.69, 9.17) is 51.4 Å². The fourth-order valence-corrected chi connectivity index (χ4v) is 5.71. The summed E-state index contributed by atoms with van der Waals surface area (Å²) in [4.78, 5) is 24.3. The summed E-state index contributed by atoms with van der Waals surface area (Å²) in [6.07, 6.45) is 0.971. The lowest BCUT2D eigenvalue weighted by atomic mass is 10.2. The monoisotopic (exact) mass is 610 g/mol. The number of carbonyl (C=O) groups is 1. The third-order valence-electron chi connectivity index (χ3n) is 5.86. The Kier molecular flexibility index (Phi) is 9.92. The number of nitrogens with one attached hydrogen (secondary N) is 3. The Bertz CT molecular complexity index is 1430. The summed E-state index contributed by atoms with van der Waals surface area (Å²) in [7, 11) is 0. The van der Waals surface area contributed by atoms with Gasteiger partial charge >= 0.3 is 6.03 Å². The van der Waals surface area contributed by atoms with Gasteiger partial charge in [-0.2, -0.15) is 0 Å². The Hall–Kier alpha value is -2.33. The molecule has 0 aliphatic heterocycles. The Morgan fingerprint density at radius 3 is 2.39 bits per heavy atom. The minimum Gasteiger partial charge on any atom is -0.369 e. The van der Waals surface area contributed by atoms with E-state index < -0.39 is 6.03 Å². The SMILES string of the molecule is CCN(CC)CCCNc1nc(-c2ccc(NC(=O)Nc3ccc(Cl)cc3Cl)cc2)nc2c(Cl)c(Cl)sc12. The molecule has 0 unspecified atom stereocenters. The molecule has 2 heterocycles. The van der Waals surface area contributed by atoms with Crippen LogP contribution in [-0.4, -0.2) is 47.1 Å². The number of aromatic nitrogens is 2. The molecule has 7 nitrogen and oxygen atoms in total. The van der Waals surface area contributed by atoms with Crippen molar-refractivity contribution in [1.29, 1.82) is 0 Å². The van der Waals surface area contributed by atoms with Gasteiger partial charge in [0, 0.05) is 22.8 Å². The van der Waals surface area contributed by atoms with E-state index >= 15 is 0 Å². The highest BCUT2D eigenvalue weighted by Crippen LogP contribution is 2.41. The van der Waals surface area contributed by atoms with Crippen LogP contribution in [0.4, 0.5) is 22.0 Å².